The van der Waals surface area contributed by atoms with Gasteiger partial charge in [0.15, 0.2) is 5.78 Å². The van der Waals surface area contributed by atoms with Gasteiger partial charge in [-0.2, -0.15) is 0 Å². The fraction of sp³-hybridized carbons (Fsp3) is 0.350. The van der Waals surface area contributed by atoms with Crippen molar-refractivity contribution in [2.24, 2.45) is 0 Å². The second-order valence-corrected chi connectivity index (χ2v) is 7.33. The molecule has 0 saturated carbocycles. The number of halogens is 2. The molecule has 3 rings (SSSR count). The number of aromatic nitrogens is 1. The van der Waals surface area contributed by atoms with Gasteiger partial charge < -0.3 is 16.4 Å². The van der Waals surface area contributed by atoms with Crippen molar-refractivity contribution in [2.75, 3.05) is 5.73 Å². The van der Waals surface area contributed by atoms with E-state index in [4.69, 9.17) is 17.3 Å². The molecule has 8 heteroatoms. The van der Waals surface area contributed by atoms with E-state index in [9.17, 15) is 9.59 Å². The van der Waals surface area contributed by atoms with Crippen LogP contribution in [0, 0.1) is 5.82 Å². The van der Waals surface area contributed by atoms with Gasteiger partial charge in [-0.25, -0.2) is 9.37 Å². The van der Waals surface area contributed by atoms with Crippen LogP contribution in [-0.4, -0.2) is 28.8 Å². The fourth-order valence-corrected chi connectivity index (χ4v) is 3.64. The van der Waals surface area contributed by atoms with Gasteiger partial charge in [-0.1, -0.05) is 24.6 Å². The first-order valence-electron chi connectivity index (χ1n) is 9.11. The minimum atomic E-state index is -0.668. The van der Waals surface area contributed by atoms with Crippen LogP contribution in [0.5, 0.6) is 0 Å². The minimum absolute atomic E-state index is 0.0315. The molecular weight excluding hydrogens is 383 g/mol. The number of amides is 1. The summed E-state index contributed by atoms with van der Waals surface area (Å²) in [5, 5.41) is 6.20. The van der Waals surface area contributed by atoms with Crippen molar-refractivity contribution < 1.29 is 14.0 Å². The summed E-state index contributed by atoms with van der Waals surface area (Å²) in [6.07, 6.45) is 2.20. The van der Waals surface area contributed by atoms with E-state index in [1.54, 1.807) is 6.07 Å². The quantitative estimate of drug-likeness (QED) is 0.643. The van der Waals surface area contributed by atoms with E-state index in [0.29, 0.717) is 18.4 Å². The SMILES string of the molecule is CC[C@@H](NC1CC(=O)NC1C)c1ccc(Cl)c(C(=O)c2ccc(N)nc2)c1F. The number of nitrogens with one attached hydrogen (secondary N) is 2. The van der Waals surface area contributed by atoms with Crippen LogP contribution in [0.3, 0.4) is 0 Å². The van der Waals surface area contributed by atoms with Gasteiger partial charge in [0.25, 0.3) is 0 Å². The summed E-state index contributed by atoms with van der Waals surface area (Å²) in [6, 6.07) is 5.51. The third-order valence-electron chi connectivity index (χ3n) is 4.99. The molecule has 1 aliphatic heterocycles. The highest BCUT2D eigenvalue weighted by atomic mass is 35.5. The zero-order valence-electron chi connectivity index (χ0n) is 15.6. The molecule has 0 bridgehead atoms. The van der Waals surface area contributed by atoms with E-state index in [1.165, 1.54) is 24.4 Å². The van der Waals surface area contributed by atoms with Crippen LogP contribution >= 0.6 is 11.6 Å². The first-order chi connectivity index (χ1) is 13.3. The van der Waals surface area contributed by atoms with Crippen LogP contribution in [0.1, 0.15) is 54.2 Å². The first kappa shape index (κ1) is 20.2. The first-order valence-corrected chi connectivity index (χ1v) is 9.49. The molecule has 28 heavy (non-hydrogen) atoms. The number of benzene rings is 1. The number of nitrogens with two attached hydrogens (primary N) is 1. The molecule has 1 saturated heterocycles. The lowest BCUT2D eigenvalue weighted by Crippen LogP contribution is -2.40. The summed E-state index contributed by atoms with van der Waals surface area (Å²) in [7, 11) is 0. The van der Waals surface area contributed by atoms with Crippen LogP contribution in [0.25, 0.3) is 0 Å². The highest BCUT2D eigenvalue weighted by molar-refractivity contribution is 6.35. The van der Waals surface area contributed by atoms with Crippen molar-refractivity contribution in [1.29, 1.82) is 0 Å². The normalized spacial score (nSPS) is 20.1. The van der Waals surface area contributed by atoms with Crippen LogP contribution in [0.15, 0.2) is 30.5 Å². The largest absolute Gasteiger partial charge is 0.384 e. The molecule has 2 unspecified atom stereocenters. The molecule has 1 aromatic carbocycles. The number of hydrogen-bond donors (Lipinski definition) is 3. The summed E-state index contributed by atoms with van der Waals surface area (Å²) in [5.74, 6) is -1.000. The van der Waals surface area contributed by atoms with Crippen LogP contribution in [0.2, 0.25) is 5.02 Å². The summed E-state index contributed by atoms with van der Waals surface area (Å²) in [5.41, 5.74) is 5.89. The second kappa shape index (κ2) is 8.24. The Labute approximate surface area is 167 Å². The van der Waals surface area contributed by atoms with Crippen molar-refractivity contribution in [3.63, 3.8) is 0 Å². The third kappa shape index (κ3) is 4.00. The Morgan fingerprint density at radius 2 is 2.18 bits per heavy atom. The average Bonchev–Trinajstić information content (AvgIpc) is 2.97. The van der Waals surface area contributed by atoms with E-state index < -0.39 is 11.6 Å². The van der Waals surface area contributed by atoms with E-state index in [0.717, 1.165) is 0 Å². The molecule has 4 N–H and O–H groups in total. The van der Waals surface area contributed by atoms with Crippen molar-refractivity contribution in [3.8, 4) is 0 Å². The zero-order chi connectivity index (χ0) is 20.4. The van der Waals surface area contributed by atoms with Crippen molar-refractivity contribution >= 4 is 29.1 Å². The maximum atomic E-state index is 15.4. The zero-order valence-corrected chi connectivity index (χ0v) is 16.4. The fourth-order valence-electron chi connectivity index (χ4n) is 3.41. The molecule has 2 aromatic rings. The lowest BCUT2D eigenvalue weighted by Gasteiger charge is -2.25. The number of carbonyl (C=O) groups is 2. The molecule has 0 radical (unpaired) electrons. The van der Waals surface area contributed by atoms with Gasteiger partial charge >= 0.3 is 0 Å². The van der Waals surface area contributed by atoms with Gasteiger partial charge in [0, 0.05) is 41.9 Å². The molecule has 2 heterocycles. The highest BCUT2D eigenvalue weighted by Crippen LogP contribution is 2.30. The number of pyridine rings is 1. The summed E-state index contributed by atoms with van der Waals surface area (Å²) in [4.78, 5) is 28.3. The van der Waals surface area contributed by atoms with Crippen LogP contribution < -0.4 is 16.4 Å². The number of ketones is 1. The van der Waals surface area contributed by atoms with Gasteiger partial charge in [-0.3, -0.25) is 9.59 Å². The lowest BCUT2D eigenvalue weighted by molar-refractivity contribution is -0.119. The molecule has 148 valence electrons. The van der Waals surface area contributed by atoms with Gasteiger partial charge in [0.1, 0.15) is 11.6 Å². The van der Waals surface area contributed by atoms with E-state index in [1.807, 2.05) is 13.8 Å². The van der Waals surface area contributed by atoms with Crippen LogP contribution in [0.4, 0.5) is 10.2 Å². The monoisotopic (exact) mass is 404 g/mol. The van der Waals surface area contributed by atoms with Crippen molar-refractivity contribution in [1.82, 2.24) is 15.6 Å². The Bertz CT molecular complexity index is 904. The number of nitrogen functional groups attached to an aromatic ring is 1. The predicted octanol–water partition coefficient (Wildman–Crippen LogP) is 3.01. The molecule has 6 nitrogen and oxygen atoms in total. The Hall–Kier alpha value is -2.51. The number of hydrogen-bond acceptors (Lipinski definition) is 5. The topological polar surface area (TPSA) is 97.1 Å². The molecule has 0 spiro atoms. The standard InChI is InChI=1S/C20H22ClFN4O2/c1-3-14(26-15-8-17(27)25-10(15)2)12-5-6-13(21)18(19(12)22)20(28)11-4-7-16(23)24-9-11/h4-7,9-10,14-15,26H,3,8H2,1-2H3,(H2,23,24)(H,25,27)/t10?,14-,15?/m1/s1. The van der Waals surface area contributed by atoms with Crippen LogP contribution in [-0.2, 0) is 4.79 Å². The molecule has 1 amide bonds. The lowest BCUT2D eigenvalue weighted by atomic mass is 9.95. The van der Waals surface area contributed by atoms with Gasteiger partial charge in [-0.15, -0.1) is 0 Å². The molecular formula is C20H22ClFN4O2. The van der Waals surface area contributed by atoms with Crippen molar-refractivity contribution in [2.45, 2.75) is 44.8 Å². The third-order valence-corrected chi connectivity index (χ3v) is 5.31. The minimum Gasteiger partial charge on any atom is -0.384 e. The number of anilines is 1. The number of carbonyl (C=O) groups excluding carboxylic acids is 2. The molecule has 0 aliphatic carbocycles. The summed E-state index contributed by atoms with van der Waals surface area (Å²) >= 11 is 6.16. The second-order valence-electron chi connectivity index (χ2n) is 6.92. The summed E-state index contributed by atoms with van der Waals surface area (Å²) in [6.45, 7) is 3.81. The Morgan fingerprint density at radius 3 is 2.75 bits per heavy atom. The number of rotatable bonds is 6. The van der Waals surface area contributed by atoms with Crippen molar-refractivity contribution in [3.05, 3.63) is 58.0 Å². The molecule has 1 fully saturated rings. The van der Waals surface area contributed by atoms with E-state index in [2.05, 4.69) is 15.6 Å². The Balaban J connectivity index is 1.94. The average molecular weight is 405 g/mol. The summed E-state index contributed by atoms with van der Waals surface area (Å²) < 4.78 is 15.4. The number of nitrogens with zero attached hydrogens (tertiary/aromatic N) is 1. The smallest absolute Gasteiger partial charge is 0.221 e. The predicted molar refractivity (Wildman–Crippen MR) is 106 cm³/mol. The Morgan fingerprint density at radius 1 is 1.43 bits per heavy atom. The Kier molecular flexibility index (Phi) is 5.96. The molecule has 1 aliphatic rings. The maximum Gasteiger partial charge on any atom is 0.221 e. The van der Waals surface area contributed by atoms with Gasteiger partial charge in [0.2, 0.25) is 5.91 Å². The maximum absolute atomic E-state index is 15.4. The molecule has 1 aromatic heterocycles. The highest BCUT2D eigenvalue weighted by Gasteiger charge is 2.32. The van der Waals surface area contributed by atoms with Gasteiger partial charge in [-0.05, 0) is 31.5 Å². The van der Waals surface area contributed by atoms with Gasteiger partial charge in [0.05, 0.1) is 10.6 Å². The van der Waals surface area contributed by atoms with E-state index in [-0.39, 0.29) is 46.0 Å². The molecule has 3 atom stereocenters. The van der Waals surface area contributed by atoms with E-state index >= 15 is 4.39 Å².